The van der Waals surface area contributed by atoms with Crippen molar-refractivity contribution in [2.75, 3.05) is 50.1 Å². The van der Waals surface area contributed by atoms with Crippen molar-refractivity contribution in [1.29, 1.82) is 0 Å². The second kappa shape index (κ2) is 10.4. The number of benzene rings is 2. The molecular weight excluding hydrogens is 510 g/mol. The van der Waals surface area contributed by atoms with Gasteiger partial charge in [0.2, 0.25) is 0 Å². The summed E-state index contributed by atoms with van der Waals surface area (Å²) in [5.74, 6) is 0.991. The smallest absolute Gasteiger partial charge is 0.318 e. The fourth-order valence-electron chi connectivity index (χ4n) is 6.25. The second-order valence-corrected chi connectivity index (χ2v) is 11.7. The highest BCUT2D eigenvalue weighted by Gasteiger charge is 2.49. The highest BCUT2D eigenvalue weighted by atomic mass is 35.5. The van der Waals surface area contributed by atoms with E-state index in [1.807, 2.05) is 19.2 Å². The van der Waals surface area contributed by atoms with E-state index >= 15 is 0 Å². The van der Waals surface area contributed by atoms with Gasteiger partial charge in [-0.3, -0.25) is 4.79 Å². The number of hydrogen-bond donors (Lipinski definition) is 0. The fourth-order valence-corrected chi connectivity index (χ4v) is 6.53. The third kappa shape index (κ3) is 4.98. The van der Waals surface area contributed by atoms with Crippen LogP contribution in [0.5, 0.6) is 6.01 Å². The third-order valence-electron chi connectivity index (χ3n) is 8.73. The van der Waals surface area contributed by atoms with Crippen LogP contribution in [0.1, 0.15) is 36.9 Å². The Morgan fingerprint density at radius 2 is 2.03 bits per heavy atom. The number of carbonyl (C=O) groups is 1. The number of nitrogens with zero attached hydrogens (tertiary/aromatic N) is 5. The Hall–Kier alpha value is -3.16. The summed E-state index contributed by atoms with van der Waals surface area (Å²) < 4.78 is 6.25. The summed E-state index contributed by atoms with van der Waals surface area (Å²) in [6, 6.07) is 13.1. The number of likely N-dealkylation sites (N-methyl/N-ethyl adjacent to an activating group) is 1. The zero-order valence-electron chi connectivity index (χ0n) is 22.8. The first-order valence-electron chi connectivity index (χ1n) is 13.9. The lowest BCUT2D eigenvalue weighted by Gasteiger charge is -2.34. The number of ketones is 1. The summed E-state index contributed by atoms with van der Waals surface area (Å²) in [6.07, 6.45) is 6.35. The number of aromatic nitrogens is 2. The highest BCUT2D eigenvalue weighted by molar-refractivity contribution is 6.36. The summed E-state index contributed by atoms with van der Waals surface area (Å²) in [5, 5.41) is 2.94. The molecule has 2 aromatic carbocycles. The number of likely N-dealkylation sites (tertiary alicyclic amines) is 1. The molecule has 0 bridgehead atoms. The van der Waals surface area contributed by atoms with Gasteiger partial charge in [0.1, 0.15) is 12.4 Å². The Labute approximate surface area is 235 Å². The van der Waals surface area contributed by atoms with Gasteiger partial charge in [-0.2, -0.15) is 9.97 Å². The molecule has 1 saturated heterocycles. The first-order chi connectivity index (χ1) is 18.9. The van der Waals surface area contributed by atoms with Crippen molar-refractivity contribution < 1.29 is 9.53 Å². The van der Waals surface area contributed by atoms with Gasteiger partial charge in [-0.15, -0.1) is 0 Å². The molecule has 3 heterocycles. The van der Waals surface area contributed by atoms with Gasteiger partial charge in [0, 0.05) is 42.8 Å². The molecule has 3 aromatic rings. The van der Waals surface area contributed by atoms with Crippen molar-refractivity contribution in [3.63, 3.8) is 0 Å². The van der Waals surface area contributed by atoms with E-state index in [1.165, 1.54) is 12.5 Å². The normalized spacial score (nSPS) is 20.1. The number of allylic oxidation sites excluding steroid dienone is 1. The van der Waals surface area contributed by atoms with Crippen LogP contribution in [0.25, 0.3) is 10.8 Å². The van der Waals surface area contributed by atoms with Gasteiger partial charge in [0.15, 0.2) is 5.78 Å². The lowest BCUT2D eigenvalue weighted by atomic mass is 9.99. The first-order valence-corrected chi connectivity index (χ1v) is 14.3. The Balaban J connectivity index is 1.33. The molecule has 2 fully saturated rings. The van der Waals surface area contributed by atoms with Gasteiger partial charge in [0.05, 0.1) is 22.7 Å². The highest BCUT2D eigenvalue weighted by Crippen LogP contribution is 2.48. The SMILES string of the molecule is C=CC(=O)C1(CN(C)c2nc(OC[C@@H]3CCCN3C)nc3c2CCN(c2cccc4cccc(Cl)c24)C3)CC1. The van der Waals surface area contributed by atoms with E-state index in [9.17, 15) is 4.79 Å². The number of ether oxygens (including phenoxy) is 1. The van der Waals surface area contributed by atoms with Crippen LogP contribution in [-0.2, 0) is 17.8 Å². The summed E-state index contributed by atoms with van der Waals surface area (Å²) in [7, 11) is 4.18. The summed E-state index contributed by atoms with van der Waals surface area (Å²) in [6.45, 7) is 7.48. The molecule has 7 nitrogen and oxygen atoms in total. The molecule has 0 unspecified atom stereocenters. The minimum absolute atomic E-state index is 0.122. The molecule has 1 atom stereocenters. The molecule has 6 rings (SSSR count). The topological polar surface area (TPSA) is 61.8 Å². The van der Waals surface area contributed by atoms with Crippen LogP contribution in [0.3, 0.4) is 0 Å². The maximum absolute atomic E-state index is 12.6. The molecule has 39 heavy (non-hydrogen) atoms. The molecular formula is C31H36ClN5O2. The van der Waals surface area contributed by atoms with Gasteiger partial charge >= 0.3 is 6.01 Å². The Kier molecular flexibility index (Phi) is 6.98. The van der Waals surface area contributed by atoms with E-state index in [1.54, 1.807) is 0 Å². The molecule has 2 aliphatic heterocycles. The van der Waals surface area contributed by atoms with Gasteiger partial charge in [-0.1, -0.05) is 42.4 Å². The molecule has 0 N–H and O–H groups in total. The third-order valence-corrected chi connectivity index (χ3v) is 9.05. The Bertz CT molecular complexity index is 1420. The molecule has 1 aliphatic carbocycles. The summed E-state index contributed by atoms with van der Waals surface area (Å²) in [4.78, 5) is 29.3. The minimum Gasteiger partial charge on any atom is -0.462 e. The average Bonchev–Trinajstić information content (AvgIpc) is 3.62. The van der Waals surface area contributed by atoms with Crippen molar-refractivity contribution in [1.82, 2.24) is 14.9 Å². The molecule has 1 aromatic heterocycles. The average molecular weight is 546 g/mol. The standard InChI is InChI=1S/C31H36ClN5O2/c1-4-27(38)31(14-15-31)20-36(3)29-23-13-17-37(26-12-6-9-21-8-5-11-24(32)28(21)26)18-25(23)33-30(34-29)39-19-22-10-7-16-35(22)2/h4-6,8-9,11-12,22H,1,7,10,13-20H2,2-3H3/t22-/m0/s1. The molecule has 8 heteroatoms. The number of hydrogen-bond acceptors (Lipinski definition) is 7. The number of anilines is 2. The Morgan fingerprint density at radius 3 is 2.74 bits per heavy atom. The van der Waals surface area contributed by atoms with Crippen LogP contribution < -0.4 is 14.5 Å². The maximum atomic E-state index is 12.6. The second-order valence-electron chi connectivity index (χ2n) is 11.3. The van der Waals surface area contributed by atoms with Crippen LogP contribution in [0, 0.1) is 5.41 Å². The number of halogens is 1. The van der Waals surface area contributed by atoms with Crippen molar-refractivity contribution in [2.24, 2.45) is 5.41 Å². The summed E-state index contributed by atoms with van der Waals surface area (Å²) >= 11 is 6.68. The largest absolute Gasteiger partial charge is 0.462 e. The molecule has 204 valence electrons. The quantitative estimate of drug-likeness (QED) is 0.338. The van der Waals surface area contributed by atoms with Crippen molar-refractivity contribution >= 4 is 39.7 Å². The van der Waals surface area contributed by atoms with Gasteiger partial charge in [-0.05, 0) is 69.3 Å². The van der Waals surface area contributed by atoms with Crippen LogP contribution in [0.15, 0.2) is 49.1 Å². The van der Waals surface area contributed by atoms with Gasteiger partial charge in [-0.25, -0.2) is 0 Å². The monoisotopic (exact) mass is 545 g/mol. The van der Waals surface area contributed by atoms with Crippen LogP contribution in [0.2, 0.25) is 5.02 Å². The van der Waals surface area contributed by atoms with E-state index in [0.717, 1.165) is 77.3 Å². The first kappa shape index (κ1) is 26.1. The van der Waals surface area contributed by atoms with E-state index in [2.05, 4.69) is 52.6 Å². The molecule has 0 amide bonds. The molecule has 0 spiro atoms. The molecule has 1 saturated carbocycles. The van der Waals surface area contributed by atoms with Gasteiger partial charge in [0.25, 0.3) is 0 Å². The van der Waals surface area contributed by atoms with Crippen molar-refractivity contribution in [3.05, 3.63) is 65.3 Å². The molecule has 3 aliphatic rings. The van der Waals surface area contributed by atoms with Crippen molar-refractivity contribution in [3.8, 4) is 6.01 Å². The minimum atomic E-state index is -0.345. The predicted molar refractivity (Wildman–Crippen MR) is 157 cm³/mol. The van der Waals surface area contributed by atoms with E-state index < -0.39 is 0 Å². The number of carbonyl (C=O) groups excluding carboxylic acids is 1. The lowest BCUT2D eigenvalue weighted by Crippen LogP contribution is -2.36. The fraction of sp³-hybridized carbons (Fsp3) is 0.452. The van der Waals surface area contributed by atoms with Crippen LogP contribution in [-0.4, -0.2) is 67.0 Å². The number of fused-ring (bicyclic) bond motifs is 2. The number of rotatable bonds is 9. The molecule has 0 radical (unpaired) electrons. The zero-order chi connectivity index (χ0) is 27.1. The van der Waals surface area contributed by atoms with E-state index in [4.69, 9.17) is 26.3 Å². The lowest BCUT2D eigenvalue weighted by molar-refractivity contribution is -0.119. The zero-order valence-corrected chi connectivity index (χ0v) is 23.6. The van der Waals surface area contributed by atoms with Gasteiger partial charge < -0.3 is 19.4 Å². The van der Waals surface area contributed by atoms with E-state index in [-0.39, 0.29) is 11.2 Å². The summed E-state index contributed by atoms with van der Waals surface area (Å²) in [5.41, 5.74) is 2.87. The predicted octanol–water partition coefficient (Wildman–Crippen LogP) is 5.29. The van der Waals surface area contributed by atoms with Crippen LogP contribution in [0.4, 0.5) is 11.5 Å². The van der Waals surface area contributed by atoms with E-state index in [0.29, 0.717) is 31.7 Å². The van der Waals surface area contributed by atoms with Crippen molar-refractivity contribution in [2.45, 2.75) is 44.7 Å². The Morgan fingerprint density at radius 1 is 1.23 bits per heavy atom. The van der Waals surface area contributed by atoms with Crippen LogP contribution >= 0.6 is 11.6 Å². The maximum Gasteiger partial charge on any atom is 0.318 e.